The Morgan fingerprint density at radius 1 is 1.04 bits per heavy atom. The molecule has 1 N–H and O–H groups in total. The fourth-order valence-corrected chi connectivity index (χ4v) is 4.08. The number of amides is 2. The molecule has 0 saturated carbocycles. The zero-order valence-corrected chi connectivity index (χ0v) is 16.0. The summed E-state index contributed by atoms with van der Waals surface area (Å²) >= 11 is 7.42. The molecule has 1 aliphatic rings. The van der Waals surface area contributed by atoms with Crippen LogP contribution in [-0.4, -0.2) is 23.3 Å². The molecule has 1 aliphatic heterocycles. The summed E-state index contributed by atoms with van der Waals surface area (Å²) < 4.78 is 0. The van der Waals surface area contributed by atoms with E-state index < -0.39 is 0 Å². The molecule has 2 aromatic carbocycles. The average Bonchev–Trinajstić information content (AvgIpc) is 3.21. The molecule has 0 fully saturated rings. The molecular weight excluding hydrogens is 380 g/mol. The smallest absolute Gasteiger partial charge is 0.264 e. The van der Waals surface area contributed by atoms with E-state index in [0.29, 0.717) is 29.4 Å². The minimum atomic E-state index is -0.209. The van der Waals surface area contributed by atoms with Gasteiger partial charge in [-0.3, -0.25) is 9.59 Å². The summed E-state index contributed by atoms with van der Waals surface area (Å²) in [6, 6.07) is 16.5. The fraction of sp³-hybridized carbons (Fsp3) is 0.143. The maximum absolute atomic E-state index is 12.6. The zero-order chi connectivity index (χ0) is 18.8. The average molecular weight is 397 g/mol. The number of carbonyl (C=O) groups is 2. The van der Waals surface area contributed by atoms with Gasteiger partial charge < -0.3 is 10.2 Å². The number of nitrogens with zero attached hydrogens (tertiary/aromatic N) is 1. The topological polar surface area (TPSA) is 49.4 Å². The van der Waals surface area contributed by atoms with Crippen molar-refractivity contribution in [2.45, 2.75) is 13.0 Å². The Kier molecular flexibility index (Phi) is 4.97. The second-order valence-corrected chi connectivity index (χ2v) is 7.79. The summed E-state index contributed by atoms with van der Waals surface area (Å²) in [4.78, 5) is 27.6. The van der Waals surface area contributed by atoms with Crippen LogP contribution in [0.1, 0.15) is 31.2 Å². The van der Waals surface area contributed by atoms with Gasteiger partial charge in [-0.25, -0.2) is 0 Å². The number of hydrogen-bond acceptors (Lipinski definition) is 3. The Labute approximate surface area is 166 Å². The molecule has 2 amide bonds. The molecule has 6 heteroatoms. The standard InChI is InChI=1S/C21H17ClN2O2S/c22-17-4-1-3-15(11-17)20(25)23-18-7-6-14-8-9-24(13-16(14)12-18)21(26)19-5-2-10-27-19/h1-7,10-12H,8-9,13H2,(H,23,25). The van der Waals surface area contributed by atoms with Crippen LogP contribution in [-0.2, 0) is 13.0 Å². The van der Waals surface area contributed by atoms with E-state index in [4.69, 9.17) is 11.6 Å². The molecule has 0 bridgehead atoms. The Balaban J connectivity index is 1.51. The first-order chi connectivity index (χ1) is 13.1. The molecule has 4 nitrogen and oxygen atoms in total. The minimum Gasteiger partial charge on any atom is -0.333 e. The summed E-state index contributed by atoms with van der Waals surface area (Å²) in [6.07, 6.45) is 0.814. The second-order valence-electron chi connectivity index (χ2n) is 6.40. The Bertz CT molecular complexity index is 1000. The molecule has 0 saturated heterocycles. The second kappa shape index (κ2) is 7.55. The van der Waals surface area contributed by atoms with E-state index in [1.165, 1.54) is 16.9 Å². The largest absolute Gasteiger partial charge is 0.333 e. The maximum Gasteiger partial charge on any atom is 0.264 e. The van der Waals surface area contributed by atoms with E-state index in [-0.39, 0.29) is 11.8 Å². The van der Waals surface area contributed by atoms with Gasteiger partial charge in [-0.15, -0.1) is 11.3 Å². The highest BCUT2D eigenvalue weighted by atomic mass is 35.5. The number of thiophene rings is 1. The van der Waals surface area contributed by atoms with Crippen LogP contribution in [0.3, 0.4) is 0 Å². The number of nitrogens with one attached hydrogen (secondary N) is 1. The number of fused-ring (bicyclic) bond motifs is 1. The fourth-order valence-electron chi connectivity index (χ4n) is 3.20. The van der Waals surface area contributed by atoms with Gasteiger partial charge in [0.1, 0.15) is 0 Å². The van der Waals surface area contributed by atoms with E-state index in [2.05, 4.69) is 5.32 Å². The highest BCUT2D eigenvalue weighted by Gasteiger charge is 2.22. The van der Waals surface area contributed by atoms with Crippen molar-refractivity contribution in [2.75, 3.05) is 11.9 Å². The predicted molar refractivity (Wildman–Crippen MR) is 109 cm³/mol. The summed E-state index contributed by atoms with van der Waals surface area (Å²) in [7, 11) is 0. The van der Waals surface area contributed by atoms with Crippen molar-refractivity contribution < 1.29 is 9.59 Å². The Morgan fingerprint density at radius 2 is 1.93 bits per heavy atom. The van der Waals surface area contributed by atoms with Crippen LogP contribution in [0.5, 0.6) is 0 Å². The van der Waals surface area contributed by atoms with Crippen LogP contribution in [0.25, 0.3) is 0 Å². The third kappa shape index (κ3) is 3.89. The van der Waals surface area contributed by atoms with E-state index in [1.807, 2.05) is 40.6 Å². The molecular formula is C21H17ClN2O2S. The molecule has 136 valence electrons. The van der Waals surface area contributed by atoms with Gasteiger partial charge in [-0.1, -0.05) is 29.8 Å². The first-order valence-electron chi connectivity index (χ1n) is 8.61. The molecule has 0 radical (unpaired) electrons. The SMILES string of the molecule is O=C(Nc1ccc2c(c1)CN(C(=O)c1cccs1)CC2)c1cccc(Cl)c1. The number of carbonyl (C=O) groups excluding carboxylic acids is 2. The summed E-state index contributed by atoms with van der Waals surface area (Å²) in [6.45, 7) is 1.25. The third-order valence-corrected chi connectivity index (χ3v) is 5.68. The molecule has 0 spiro atoms. The van der Waals surface area contributed by atoms with Crippen LogP contribution in [0.15, 0.2) is 60.0 Å². The molecule has 1 aromatic heterocycles. The first-order valence-corrected chi connectivity index (χ1v) is 9.87. The summed E-state index contributed by atoms with van der Waals surface area (Å²) in [5.74, 6) is -0.149. The first kappa shape index (κ1) is 17.8. The van der Waals surface area contributed by atoms with Gasteiger partial charge >= 0.3 is 0 Å². The highest BCUT2D eigenvalue weighted by molar-refractivity contribution is 7.12. The van der Waals surface area contributed by atoms with Gasteiger partial charge in [-0.05, 0) is 59.3 Å². The van der Waals surface area contributed by atoms with Crippen LogP contribution in [0.4, 0.5) is 5.69 Å². The normalized spacial score (nSPS) is 13.1. The number of halogens is 1. The lowest BCUT2D eigenvalue weighted by Gasteiger charge is -2.29. The van der Waals surface area contributed by atoms with Gasteiger partial charge in [0.2, 0.25) is 0 Å². The van der Waals surface area contributed by atoms with Crippen molar-refractivity contribution in [1.29, 1.82) is 0 Å². The van der Waals surface area contributed by atoms with Gasteiger partial charge in [0.25, 0.3) is 11.8 Å². The predicted octanol–water partition coefficient (Wildman–Crippen LogP) is 4.85. The zero-order valence-electron chi connectivity index (χ0n) is 14.4. The van der Waals surface area contributed by atoms with Crippen LogP contribution >= 0.6 is 22.9 Å². The van der Waals surface area contributed by atoms with Crippen LogP contribution < -0.4 is 5.32 Å². The van der Waals surface area contributed by atoms with Crippen molar-refractivity contribution in [3.05, 3.63) is 86.6 Å². The molecule has 27 heavy (non-hydrogen) atoms. The Hall–Kier alpha value is -2.63. The molecule has 0 unspecified atom stereocenters. The van der Waals surface area contributed by atoms with Gasteiger partial charge in [0, 0.05) is 29.4 Å². The van der Waals surface area contributed by atoms with Crippen molar-refractivity contribution in [3.8, 4) is 0 Å². The third-order valence-electron chi connectivity index (χ3n) is 4.58. The van der Waals surface area contributed by atoms with Crippen molar-refractivity contribution in [1.82, 2.24) is 4.90 Å². The number of hydrogen-bond donors (Lipinski definition) is 1. The van der Waals surface area contributed by atoms with Crippen molar-refractivity contribution >= 4 is 40.4 Å². The monoisotopic (exact) mass is 396 g/mol. The van der Waals surface area contributed by atoms with Crippen molar-refractivity contribution in [2.24, 2.45) is 0 Å². The van der Waals surface area contributed by atoms with E-state index in [0.717, 1.165) is 16.9 Å². The lowest BCUT2D eigenvalue weighted by Crippen LogP contribution is -2.35. The van der Waals surface area contributed by atoms with E-state index in [9.17, 15) is 9.59 Å². The highest BCUT2D eigenvalue weighted by Crippen LogP contribution is 2.25. The van der Waals surface area contributed by atoms with Gasteiger partial charge in [0.15, 0.2) is 0 Å². The number of anilines is 1. The van der Waals surface area contributed by atoms with Gasteiger partial charge in [-0.2, -0.15) is 0 Å². The number of benzene rings is 2. The summed E-state index contributed by atoms with van der Waals surface area (Å²) in [5.41, 5.74) is 3.50. The quantitative estimate of drug-likeness (QED) is 0.687. The lowest BCUT2D eigenvalue weighted by molar-refractivity contribution is 0.0739. The lowest BCUT2D eigenvalue weighted by atomic mass is 9.98. The van der Waals surface area contributed by atoms with E-state index >= 15 is 0 Å². The summed E-state index contributed by atoms with van der Waals surface area (Å²) in [5, 5.41) is 5.34. The molecule has 4 rings (SSSR count). The molecule has 3 aromatic rings. The molecule has 2 heterocycles. The van der Waals surface area contributed by atoms with Crippen LogP contribution in [0.2, 0.25) is 5.02 Å². The van der Waals surface area contributed by atoms with Crippen molar-refractivity contribution in [3.63, 3.8) is 0 Å². The van der Waals surface area contributed by atoms with Gasteiger partial charge in [0.05, 0.1) is 4.88 Å². The molecule has 0 aliphatic carbocycles. The molecule has 0 atom stereocenters. The minimum absolute atomic E-state index is 0.0593. The Morgan fingerprint density at radius 3 is 2.70 bits per heavy atom. The van der Waals surface area contributed by atoms with E-state index in [1.54, 1.807) is 24.3 Å². The number of rotatable bonds is 3. The van der Waals surface area contributed by atoms with Crippen LogP contribution in [0, 0.1) is 0 Å². The maximum atomic E-state index is 12.6.